The molecule has 0 aliphatic carbocycles. The van der Waals surface area contributed by atoms with Crippen LogP contribution < -0.4 is 11.5 Å². The van der Waals surface area contributed by atoms with Gasteiger partial charge >= 0.3 is 0 Å². The third kappa shape index (κ3) is 3.32. The Bertz CT molecular complexity index is 1050. The summed E-state index contributed by atoms with van der Waals surface area (Å²) >= 11 is 1.22. The van der Waals surface area contributed by atoms with Gasteiger partial charge in [-0.1, -0.05) is 44.2 Å². The van der Waals surface area contributed by atoms with Crippen LogP contribution in [0.1, 0.15) is 46.1 Å². The Hall–Kier alpha value is -3.11. The van der Waals surface area contributed by atoms with Crippen molar-refractivity contribution in [2.45, 2.75) is 26.3 Å². The van der Waals surface area contributed by atoms with E-state index in [9.17, 15) is 10.1 Å². The second kappa shape index (κ2) is 7.25. The molecular formula is C20H21N5OS. The number of benzene rings is 1. The average molecular weight is 379 g/mol. The molecule has 3 aromatic rings. The van der Waals surface area contributed by atoms with E-state index in [1.165, 1.54) is 11.3 Å². The summed E-state index contributed by atoms with van der Waals surface area (Å²) in [5, 5.41) is 10.1. The van der Waals surface area contributed by atoms with Crippen molar-refractivity contribution in [3.63, 3.8) is 0 Å². The Kier molecular flexibility index (Phi) is 5.02. The quantitative estimate of drug-likeness (QED) is 0.718. The Balaban J connectivity index is 2.08. The first kappa shape index (κ1) is 18.7. The highest BCUT2D eigenvalue weighted by molar-refractivity contribution is 7.21. The van der Waals surface area contributed by atoms with Crippen LogP contribution in [0.3, 0.4) is 0 Å². The highest BCUT2D eigenvalue weighted by Crippen LogP contribution is 2.41. The topological polar surface area (TPSA) is 109 Å². The first-order valence-corrected chi connectivity index (χ1v) is 9.37. The lowest BCUT2D eigenvalue weighted by Gasteiger charge is -2.17. The van der Waals surface area contributed by atoms with Gasteiger partial charge < -0.3 is 16.4 Å². The van der Waals surface area contributed by atoms with Crippen LogP contribution in [0.2, 0.25) is 0 Å². The number of thiophene rings is 1. The highest BCUT2D eigenvalue weighted by atomic mass is 32.1. The molecule has 27 heavy (non-hydrogen) atoms. The second-order valence-corrected chi connectivity index (χ2v) is 7.72. The summed E-state index contributed by atoms with van der Waals surface area (Å²) in [5.74, 6) is 0.0204. The van der Waals surface area contributed by atoms with Gasteiger partial charge in [-0.25, -0.2) is 4.98 Å². The van der Waals surface area contributed by atoms with Crippen molar-refractivity contribution in [2.75, 3.05) is 18.5 Å². The van der Waals surface area contributed by atoms with Crippen molar-refractivity contribution in [3.05, 3.63) is 51.9 Å². The Labute approximate surface area is 162 Å². The van der Waals surface area contributed by atoms with Gasteiger partial charge in [0, 0.05) is 19.0 Å². The van der Waals surface area contributed by atoms with E-state index in [-0.39, 0.29) is 17.6 Å². The Morgan fingerprint density at radius 1 is 1.30 bits per heavy atom. The van der Waals surface area contributed by atoms with Crippen molar-refractivity contribution >= 4 is 39.0 Å². The first-order chi connectivity index (χ1) is 12.8. The molecule has 6 nitrogen and oxygen atoms in total. The van der Waals surface area contributed by atoms with Crippen molar-refractivity contribution < 1.29 is 4.79 Å². The van der Waals surface area contributed by atoms with E-state index in [2.05, 4.69) is 11.1 Å². The minimum atomic E-state index is -0.175. The van der Waals surface area contributed by atoms with Gasteiger partial charge in [-0.05, 0) is 17.0 Å². The number of nitrogens with two attached hydrogens (primary N) is 2. The van der Waals surface area contributed by atoms with E-state index in [0.29, 0.717) is 32.9 Å². The van der Waals surface area contributed by atoms with Gasteiger partial charge in [-0.3, -0.25) is 4.79 Å². The van der Waals surface area contributed by atoms with E-state index in [0.717, 1.165) is 11.1 Å². The lowest BCUT2D eigenvalue weighted by atomic mass is 9.95. The molecule has 4 N–H and O–H groups in total. The van der Waals surface area contributed by atoms with Crippen LogP contribution in [0.4, 0.5) is 11.5 Å². The molecule has 0 atom stereocenters. The summed E-state index contributed by atoms with van der Waals surface area (Å²) in [7, 11) is 1.74. The summed E-state index contributed by atoms with van der Waals surface area (Å²) in [6.07, 6.45) is 0. The number of nitriles is 1. The molecule has 2 heterocycles. The predicted octanol–water partition coefficient (Wildman–Crippen LogP) is 3.73. The molecule has 0 radical (unpaired) electrons. The summed E-state index contributed by atoms with van der Waals surface area (Å²) in [5.41, 5.74) is 14.8. The highest BCUT2D eigenvalue weighted by Gasteiger charge is 2.26. The summed E-state index contributed by atoms with van der Waals surface area (Å²) in [4.78, 5) is 19.9. The van der Waals surface area contributed by atoms with Crippen LogP contribution in [0.15, 0.2) is 30.3 Å². The largest absolute Gasteiger partial charge is 0.397 e. The van der Waals surface area contributed by atoms with Gasteiger partial charge in [-0.2, -0.15) is 5.26 Å². The van der Waals surface area contributed by atoms with Gasteiger partial charge in [0.2, 0.25) is 0 Å². The minimum Gasteiger partial charge on any atom is -0.397 e. The summed E-state index contributed by atoms with van der Waals surface area (Å²) < 4.78 is 0. The SMILES string of the molecule is CC(C)c1c(C#N)c(N)nc2sc(C(=O)N(C)Cc3ccccc3)c(N)c12. The smallest absolute Gasteiger partial charge is 0.266 e. The molecule has 0 bridgehead atoms. The molecule has 1 aromatic carbocycles. The number of carbonyl (C=O) groups is 1. The molecule has 0 spiro atoms. The molecule has 2 aromatic heterocycles. The van der Waals surface area contributed by atoms with Crippen molar-refractivity contribution in [1.29, 1.82) is 5.26 Å². The molecule has 1 amide bonds. The number of nitrogen functional groups attached to an aromatic ring is 2. The maximum atomic E-state index is 13.0. The van der Waals surface area contributed by atoms with Gasteiger partial charge in [0.15, 0.2) is 0 Å². The molecule has 138 valence electrons. The van der Waals surface area contributed by atoms with Crippen LogP contribution in [-0.2, 0) is 6.54 Å². The van der Waals surface area contributed by atoms with E-state index in [1.807, 2.05) is 44.2 Å². The van der Waals surface area contributed by atoms with Crippen molar-refractivity contribution in [2.24, 2.45) is 0 Å². The molecule has 0 saturated heterocycles. The van der Waals surface area contributed by atoms with E-state index in [1.54, 1.807) is 11.9 Å². The van der Waals surface area contributed by atoms with E-state index < -0.39 is 0 Å². The van der Waals surface area contributed by atoms with Crippen LogP contribution in [0, 0.1) is 11.3 Å². The van der Waals surface area contributed by atoms with E-state index in [4.69, 9.17) is 11.5 Å². The number of nitrogens with zero attached hydrogens (tertiary/aromatic N) is 3. The second-order valence-electron chi connectivity index (χ2n) is 6.72. The molecule has 0 fully saturated rings. The zero-order chi connectivity index (χ0) is 19.7. The van der Waals surface area contributed by atoms with Gasteiger partial charge in [-0.15, -0.1) is 11.3 Å². The lowest BCUT2D eigenvalue weighted by Crippen LogP contribution is -2.26. The zero-order valence-corrected chi connectivity index (χ0v) is 16.3. The number of anilines is 2. The normalized spacial score (nSPS) is 10.9. The number of rotatable bonds is 4. The third-order valence-electron chi connectivity index (χ3n) is 4.44. The zero-order valence-electron chi connectivity index (χ0n) is 15.5. The fraction of sp³-hybridized carbons (Fsp3) is 0.250. The Morgan fingerprint density at radius 2 is 1.96 bits per heavy atom. The number of pyridine rings is 1. The summed E-state index contributed by atoms with van der Waals surface area (Å²) in [6.45, 7) is 4.41. The van der Waals surface area contributed by atoms with Crippen LogP contribution in [0.5, 0.6) is 0 Å². The number of fused-ring (bicyclic) bond motifs is 1. The fourth-order valence-electron chi connectivity index (χ4n) is 3.15. The van der Waals surface area contributed by atoms with Crippen LogP contribution in [0.25, 0.3) is 10.2 Å². The Morgan fingerprint density at radius 3 is 2.56 bits per heavy atom. The van der Waals surface area contributed by atoms with Gasteiger partial charge in [0.25, 0.3) is 5.91 Å². The maximum absolute atomic E-state index is 13.0. The molecule has 0 aliphatic heterocycles. The standard InChI is InChI=1S/C20H21N5OS/c1-11(2)14-13(9-21)18(23)24-19-15(14)16(22)17(27-19)20(26)25(3)10-12-7-5-4-6-8-12/h4-8,11H,10,22H2,1-3H3,(H2,23,24). The van der Waals surface area contributed by atoms with Crippen molar-refractivity contribution in [1.82, 2.24) is 9.88 Å². The number of carbonyl (C=O) groups excluding carboxylic acids is 1. The maximum Gasteiger partial charge on any atom is 0.266 e. The van der Waals surface area contributed by atoms with Gasteiger partial charge in [0.1, 0.15) is 21.6 Å². The van der Waals surface area contributed by atoms with Crippen LogP contribution in [-0.4, -0.2) is 22.8 Å². The molecule has 0 unspecified atom stereocenters. The predicted molar refractivity (Wildman–Crippen MR) is 109 cm³/mol. The monoisotopic (exact) mass is 379 g/mol. The molecule has 3 rings (SSSR count). The number of amides is 1. The number of hydrogen-bond acceptors (Lipinski definition) is 6. The molecular weight excluding hydrogens is 358 g/mol. The lowest BCUT2D eigenvalue weighted by molar-refractivity contribution is 0.0791. The van der Waals surface area contributed by atoms with Crippen LogP contribution >= 0.6 is 11.3 Å². The van der Waals surface area contributed by atoms with E-state index >= 15 is 0 Å². The van der Waals surface area contributed by atoms with Crippen molar-refractivity contribution in [3.8, 4) is 6.07 Å². The fourth-order valence-corrected chi connectivity index (χ4v) is 4.27. The average Bonchev–Trinajstić information content (AvgIpc) is 2.96. The minimum absolute atomic E-state index is 0.0225. The third-order valence-corrected chi connectivity index (χ3v) is 5.52. The van der Waals surface area contributed by atoms with Gasteiger partial charge in [0.05, 0.1) is 11.3 Å². The molecule has 0 saturated carbocycles. The number of aromatic nitrogens is 1. The molecule has 7 heteroatoms. The number of hydrogen-bond donors (Lipinski definition) is 2. The first-order valence-electron chi connectivity index (χ1n) is 8.56. The summed E-state index contributed by atoms with van der Waals surface area (Å²) in [6, 6.07) is 11.9. The molecule has 0 aliphatic rings.